The molecule has 1 aromatic rings. The van der Waals surface area contributed by atoms with E-state index in [2.05, 4.69) is 17.2 Å². The Bertz CT molecular complexity index is 368. The Morgan fingerprint density at radius 3 is 2.50 bits per heavy atom. The molecule has 14 heavy (non-hydrogen) atoms. The predicted molar refractivity (Wildman–Crippen MR) is 58.4 cm³/mol. The van der Waals surface area contributed by atoms with Crippen molar-refractivity contribution in [3.05, 3.63) is 29.8 Å². The highest BCUT2D eigenvalue weighted by atomic mass is 16.1. The number of hydrogen-bond donors (Lipinski definition) is 1. The van der Waals surface area contributed by atoms with Gasteiger partial charge in [-0.2, -0.15) is 0 Å². The molecule has 1 N–H and O–H groups in total. The van der Waals surface area contributed by atoms with Crippen molar-refractivity contribution in [2.24, 2.45) is 0 Å². The largest absolute Gasteiger partial charge is 0.374 e. The summed E-state index contributed by atoms with van der Waals surface area (Å²) < 4.78 is 0. The van der Waals surface area contributed by atoms with E-state index in [0.29, 0.717) is 6.54 Å². The standard InChI is InChI=1S/C12H13NO/c1-3-4-9-13-12-7-5-11(6-8-12)10(2)14/h5-8,13H,9H2,1-2H3. The molecule has 0 saturated carbocycles. The maximum atomic E-state index is 11.0. The van der Waals surface area contributed by atoms with Crippen molar-refractivity contribution in [1.29, 1.82) is 0 Å². The molecule has 0 amide bonds. The quantitative estimate of drug-likeness (QED) is 0.581. The Morgan fingerprint density at radius 1 is 1.36 bits per heavy atom. The van der Waals surface area contributed by atoms with Crippen LogP contribution in [0.3, 0.4) is 0 Å². The average molecular weight is 187 g/mol. The molecule has 0 unspecified atom stereocenters. The van der Waals surface area contributed by atoms with Gasteiger partial charge in [-0.15, -0.1) is 5.92 Å². The predicted octanol–water partition coefficient (Wildman–Crippen LogP) is 2.32. The van der Waals surface area contributed by atoms with E-state index in [1.54, 1.807) is 13.8 Å². The monoisotopic (exact) mass is 187 g/mol. The fraction of sp³-hybridized carbons (Fsp3) is 0.250. The summed E-state index contributed by atoms with van der Waals surface area (Å²) in [6.45, 7) is 4.00. The Balaban J connectivity index is 2.62. The van der Waals surface area contributed by atoms with Crippen LogP contribution in [0.25, 0.3) is 0 Å². The Hall–Kier alpha value is -1.75. The minimum Gasteiger partial charge on any atom is -0.374 e. The summed E-state index contributed by atoms with van der Waals surface area (Å²) in [5.41, 5.74) is 1.72. The van der Waals surface area contributed by atoms with Gasteiger partial charge in [0.15, 0.2) is 5.78 Å². The van der Waals surface area contributed by atoms with Gasteiger partial charge in [-0.25, -0.2) is 0 Å². The van der Waals surface area contributed by atoms with Crippen molar-refractivity contribution < 1.29 is 4.79 Å². The van der Waals surface area contributed by atoms with E-state index in [-0.39, 0.29) is 5.78 Å². The Labute approximate surface area is 84.3 Å². The van der Waals surface area contributed by atoms with Gasteiger partial charge in [-0.1, -0.05) is 5.92 Å². The van der Waals surface area contributed by atoms with Crippen LogP contribution in [0.5, 0.6) is 0 Å². The first-order valence-electron chi connectivity index (χ1n) is 4.48. The molecule has 0 spiro atoms. The highest BCUT2D eigenvalue weighted by Gasteiger charge is 1.97. The van der Waals surface area contributed by atoms with Gasteiger partial charge in [0.1, 0.15) is 0 Å². The first-order chi connectivity index (χ1) is 6.74. The van der Waals surface area contributed by atoms with Crippen LogP contribution in [-0.4, -0.2) is 12.3 Å². The minimum absolute atomic E-state index is 0.0879. The number of carbonyl (C=O) groups is 1. The van der Waals surface area contributed by atoms with Crippen molar-refractivity contribution in [3.63, 3.8) is 0 Å². The second-order valence-electron chi connectivity index (χ2n) is 2.91. The third-order valence-electron chi connectivity index (χ3n) is 1.85. The van der Waals surface area contributed by atoms with E-state index < -0.39 is 0 Å². The molecule has 0 aliphatic heterocycles. The molecule has 0 radical (unpaired) electrons. The van der Waals surface area contributed by atoms with E-state index in [4.69, 9.17) is 0 Å². The van der Waals surface area contributed by atoms with Crippen LogP contribution >= 0.6 is 0 Å². The molecule has 72 valence electrons. The first kappa shape index (κ1) is 10.3. The van der Waals surface area contributed by atoms with Crippen molar-refractivity contribution >= 4 is 11.5 Å². The van der Waals surface area contributed by atoms with Gasteiger partial charge < -0.3 is 5.32 Å². The van der Waals surface area contributed by atoms with E-state index >= 15 is 0 Å². The zero-order chi connectivity index (χ0) is 10.4. The summed E-state index contributed by atoms with van der Waals surface area (Å²) in [6, 6.07) is 7.39. The molecule has 2 nitrogen and oxygen atoms in total. The molecule has 0 atom stereocenters. The van der Waals surface area contributed by atoms with Crippen molar-refractivity contribution in [1.82, 2.24) is 0 Å². The highest BCUT2D eigenvalue weighted by molar-refractivity contribution is 5.94. The summed E-state index contributed by atoms with van der Waals surface area (Å²) in [4.78, 5) is 11.0. The lowest BCUT2D eigenvalue weighted by Gasteiger charge is -2.02. The molecule has 0 saturated heterocycles. The van der Waals surface area contributed by atoms with Crippen LogP contribution in [0, 0.1) is 11.8 Å². The van der Waals surface area contributed by atoms with E-state index in [1.165, 1.54) is 0 Å². The molecule has 0 bridgehead atoms. The van der Waals surface area contributed by atoms with Gasteiger partial charge in [0.05, 0.1) is 6.54 Å². The fourth-order valence-electron chi connectivity index (χ4n) is 1.06. The molecule has 1 aromatic carbocycles. The first-order valence-corrected chi connectivity index (χ1v) is 4.48. The van der Waals surface area contributed by atoms with Crippen molar-refractivity contribution in [2.75, 3.05) is 11.9 Å². The van der Waals surface area contributed by atoms with Crippen LogP contribution in [0.2, 0.25) is 0 Å². The third kappa shape index (κ3) is 2.95. The van der Waals surface area contributed by atoms with Gasteiger partial charge in [-0.3, -0.25) is 4.79 Å². The number of Topliss-reactive ketones (excluding diaryl/α,β-unsaturated/α-hetero) is 1. The maximum absolute atomic E-state index is 11.0. The summed E-state index contributed by atoms with van der Waals surface area (Å²) in [5, 5.41) is 3.13. The van der Waals surface area contributed by atoms with E-state index in [0.717, 1.165) is 11.3 Å². The van der Waals surface area contributed by atoms with Gasteiger partial charge in [0.25, 0.3) is 0 Å². The van der Waals surface area contributed by atoms with E-state index in [1.807, 2.05) is 24.3 Å². The lowest BCUT2D eigenvalue weighted by atomic mass is 10.1. The zero-order valence-corrected chi connectivity index (χ0v) is 8.42. The number of nitrogens with one attached hydrogen (secondary N) is 1. The third-order valence-corrected chi connectivity index (χ3v) is 1.85. The number of rotatable bonds is 3. The minimum atomic E-state index is 0.0879. The van der Waals surface area contributed by atoms with Crippen LogP contribution in [0.15, 0.2) is 24.3 Å². The number of benzene rings is 1. The van der Waals surface area contributed by atoms with Gasteiger partial charge >= 0.3 is 0 Å². The van der Waals surface area contributed by atoms with Crippen LogP contribution < -0.4 is 5.32 Å². The number of ketones is 1. The Morgan fingerprint density at radius 2 is 2.00 bits per heavy atom. The molecular weight excluding hydrogens is 174 g/mol. The van der Waals surface area contributed by atoms with Gasteiger partial charge in [-0.05, 0) is 38.1 Å². The molecule has 0 aromatic heterocycles. The molecule has 0 aliphatic carbocycles. The summed E-state index contributed by atoms with van der Waals surface area (Å²) in [5.74, 6) is 5.79. The summed E-state index contributed by atoms with van der Waals surface area (Å²) >= 11 is 0. The second-order valence-corrected chi connectivity index (χ2v) is 2.91. The van der Waals surface area contributed by atoms with E-state index in [9.17, 15) is 4.79 Å². The zero-order valence-electron chi connectivity index (χ0n) is 8.42. The number of hydrogen-bond acceptors (Lipinski definition) is 2. The SMILES string of the molecule is CC#CCNc1ccc(C(C)=O)cc1. The fourth-order valence-corrected chi connectivity index (χ4v) is 1.06. The lowest BCUT2D eigenvalue weighted by molar-refractivity contribution is 0.101. The van der Waals surface area contributed by atoms with Gasteiger partial charge in [0, 0.05) is 11.3 Å². The van der Waals surface area contributed by atoms with Crippen molar-refractivity contribution in [3.8, 4) is 11.8 Å². The molecule has 0 fully saturated rings. The van der Waals surface area contributed by atoms with Crippen molar-refractivity contribution in [2.45, 2.75) is 13.8 Å². The maximum Gasteiger partial charge on any atom is 0.159 e. The second kappa shape index (κ2) is 5.08. The lowest BCUT2D eigenvalue weighted by Crippen LogP contribution is -1.99. The number of carbonyl (C=O) groups excluding carboxylic acids is 1. The molecule has 2 heteroatoms. The van der Waals surface area contributed by atoms with Gasteiger partial charge in [0.2, 0.25) is 0 Å². The average Bonchev–Trinajstić information content (AvgIpc) is 2.19. The normalized spacial score (nSPS) is 8.71. The molecule has 1 rings (SSSR count). The van der Waals surface area contributed by atoms with Crippen LogP contribution in [0.4, 0.5) is 5.69 Å². The highest BCUT2D eigenvalue weighted by Crippen LogP contribution is 2.09. The smallest absolute Gasteiger partial charge is 0.159 e. The van der Waals surface area contributed by atoms with Crippen LogP contribution in [0.1, 0.15) is 24.2 Å². The molecular formula is C12H13NO. The molecule has 0 heterocycles. The number of anilines is 1. The Kier molecular flexibility index (Phi) is 3.75. The van der Waals surface area contributed by atoms with Crippen LogP contribution in [-0.2, 0) is 0 Å². The summed E-state index contributed by atoms with van der Waals surface area (Å²) in [7, 11) is 0. The molecule has 0 aliphatic rings. The summed E-state index contributed by atoms with van der Waals surface area (Å²) in [6.07, 6.45) is 0. The topological polar surface area (TPSA) is 29.1 Å².